The van der Waals surface area contributed by atoms with Gasteiger partial charge in [0.15, 0.2) is 0 Å². The normalized spacial score (nSPS) is 14.7. The standard InChI is InChI=1S/C17H24FN3O2/c1-2-8-19-17(23)21-11-9-20(10-12-21)16(22)7-6-14-4-3-5-15(18)13-14/h3-5,13H,2,6-12H2,1H3,(H,19,23). The second-order valence-electron chi connectivity index (χ2n) is 5.73. The summed E-state index contributed by atoms with van der Waals surface area (Å²) in [5.41, 5.74) is 0.830. The molecule has 1 aliphatic rings. The minimum absolute atomic E-state index is 0.0568. The van der Waals surface area contributed by atoms with Crippen molar-refractivity contribution in [1.82, 2.24) is 15.1 Å². The lowest BCUT2D eigenvalue weighted by atomic mass is 10.1. The number of aryl methyl sites for hydroxylation is 1. The maximum atomic E-state index is 13.1. The van der Waals surface area contributed by atoms with Crippen LogP contribution in [0.1, 0.15) is 25.3 Å². The Balaban J connectivity index is 1.74. The molecule has 6 heteroatoms. The zero-order valence-corrected chi connectivity index (χ0v) is 13.6. The van der Waals surface area contributed by atoms with Gasteiger partial charge in [-0.2, -0.15) is 0 Å². The van der Waals surface area contributed by atoms with Crippen molar-refractivity contribution >= 4 is 11.9 Å². The lowest BCUT2D eigenvalue weighted by Gasteiger charge is -2.34. The van der Waals surface area contributed by atoms with Crippen molar-refractivity contribution in [3.05, 3.63) is 35.6 Å². The van der Waals surface area contributed by atoms with Crippen LogP contribution in [0.2, 0.25) is 0 Å². The maximum Gasteiger partial charge on any atom is 0.317 e. The molecule has 5 nitrogen and oxygen atoms in total. The van der Waals surface area contributed by atoms with Crippen LogP contribution in [0.4, 0.5) is 9.18 Å². The Bertz CT molecular complexity index is 542. The number of rotatable bonds is 5. The third-order valence-electron chi connectivity index (χ3n) is 3.96. The average molecular weight is 321 g/mol. The van der Waals surface area contributed by atoms with Gasteiger partial charge in [0.05, 0.1) is 0 Å². The zero-order valence-electron chi connectivity index (χ0n) is 13.6. The van der Waals surface area contributed by atoms with E-state index in [2.05, 4.69) is 5.32 Å². The van der Waals surface area contributed by atoms with Crippen LogP contribution < -0.4 is 5.32 Å². The summed E-state index contributed by atoms with van der Waals surface area (Å²) in [6, 6.07) is 6.28. The number of nitrogens with one attached hydrogen (secondary N) is 1. The van der Waals surface area contributed by atoms with Gasteiger partial charge in [0.2, 0.25) is 5.91 Å². The van der Waals surface area contributed by atoms with E-state index in [1.807, 2.05) is 13.0 Å². The number of piperazine rings is 1. The van der Waals surface area contributed by atoms with Crippen LogP contribution in [-0.2, 0) is 11.2 Å². The average Bonchev–Trinajstić information content (AvgIpc) is 2.57. The Morgan fingerprint density at radius 3 is 2.52 bits per heavy atom. The number of carbonyl (C=O) groups excluding carboxylic acids is 2. The number of hydrogen-bond acceptors (Lipinski definition) is 2. The summed E-state index contributed by atoms with van der Waals surface area (Å²) in [4.78, 5) is 27.6. The summed E-state index contributed by atoms with van der Waals surface area (Å²) in [5, 5.41) is 2.85. The van der Waals surface area contributed by atoms with Crippen LogP contribution in [0.15, 0.2) is 24.3 Å². The Kier molecular flexibility index (Phi) is 6.38. The summed E-state index contributed by atoms with van der Waals surface area (Å²) in [5.74, 6) is -0.218. The highest BCUT2D eigenvalue weighted by Crippen LogP contribution is 2.09. The molecule has 1 N–H and O–H groups in total. The summed E-state index contributed by atoms with van der Waals surface area (Å²) >= 11 is 0. The van der Waals surface area contributed by atoms with E-state index in [-0.39, 0.29) is 17.8 Å². The van der Waals surface area contributed by atoms with E-state index < -0.39 is 0 Å². The van der Waals surface area contributed by atoms with E-state index in [9.17, 15) is 14.0 Å². The molecule has 1 heterocycles. The number of halogens is 1. The highest BCUT2D eigenvalue weighted by molar-refractivity contribution is 5.78. The molecule has 3 amide bonds. The smallest absolute Gasteiger partial charge is 0.317 e. The van der Waals surface area contributed by atoms with Crippen molar-refractivity contribution in [3.8, 4) is 0 Å². The molecule has 0 saturated carbocycles. The second-order valence-corrected chi connectivity index (χ2v) is 5.73. The topological polar surface area (TPSA) is 52.7 Å². The van der Waals surface area contributed by atoms with Crippen LogP contribution >= 0.6 is 0 Å². The molecule has 0 aliphatic carbocycles. The molecule has 1 saturated heterocycles. The SMILES string of the molecule is CCCNC(=O)N1CCN(C(=O)CCc2cccc(F)c2)CC1. The molecule has 2 rings (SSSR count). The van der Waals surface area contributed by atoms with E-state index in [4.69, 9.17) is 0 Å². The summed E-state index contributed by atoms with van der Waals surface area (Å²) in [6.07, 6.45) is 1.81. The van der Waals surface area contributed by atoms with E-state index in [0.29, 0.717) is 45.6 Å². The maximum absolute atomic E-state index is 13.1. The minimum Gasteiger partial charge on any atom is -0.339 e. The van der Waals surface area contributed by atoms with Crippen molar-refractivity contribution < 1.29 is 14.0 Å². The molecule has 23 heavy (non-hydrogen) atoms. The van der Waals surface area contributed by atoms with Crippen LogP contribution in [0.25, 0.3) is 0 Å². The number of hydrogen-bond donors (Lipinski definition) is 1. The Labute approximate surface area is 136 Å². The first kappa shape index (κ1) is 17.2. The van der Waals surface area contributed by atoms with Gasteiger partial charge in [0, 0.05) is 39.1 Å². The lowest BCUT2D eigenvalue weighted by Crippen LogP contribution is -2.53. The van der Waals surface area contributed by atoms with Gasteiger partial charge in [-0.15, -0.1) is 0 Å². The lowest BCUT2D eigenvalue weighted by molar-refractivity contribution is -0.132. The fourth-order valence-electron chi connectivity index (χ4n) is 2.60. The molecule has 1 fully saturated rings. The van der Waals surface area contributed by atoms with E-state index in [0.717, 1.165) is 12.0 Å². The molecule has 1 aromatic rings. The van der Waals surface area contributed by atoms with Gasteiger partial charge in [-0.3, -0.25) is 4.79 Å². The molecule has 0 radical (unpaired) electrons. The van der Waals surface area contributed by atoms with E-state index in [1.54, 1.807) is 15.9 Å². The molecular weight excluding hydrogens is 297 g/mol. The number of nitrogens with zero attached hydrogens (tertiary/aromatic N) is 2. The molecular formula is C17H24FN3O2. The number of carbonyl (C=O) groups is 2. The number of benzene rings is 1. The molecule has 126 valence electrons. The Hall–Kier alpha value is -2.11. The van der Waals surface area contributed by atoms with Crippen LogP contribution in [0.5, 0.6) is 0 Å². The van der Waals surface area contributed by atoms with E-state index in [1.165, 1.54) is 12.1 Å². The summed E-state index contributed by atoms with van der Waals surface area (Å²) in [7, 11) is 0. The quantitative estimate of drug-likeness (QED) is 0.902. The monoisotopic (exact) mass is 321 g/mol. The third kappa shape index (κ3) is 5.23. The van der Waals surface area contributed by atoms with Gasteiger partial charge in [-0.1, -0.05) is 19.1 Å². The first-order valence-corrected chi connectivity index (χ1v) is 8.15. The molecule has 1 aromatic carbocycles. The van der Waals surface area contributed by atoms with Gasteiger partial charge in [0.1, 0.15) is 5.82 Å². The van der Waals surface area contributed by atoms with Gasteiger partial charge < -0.3 is 15.1 Å². The van der Waals surface area contributed by atoms with Crippen molar-refractivity contribution in [2.24, 2.45) is 0 Å². The Morgan fingerprint density at radius 2 is 1.87 bits per heavy atom. The van der Waals surface area contributed by atoms with Gasteiger partial charge in [-0.05, 0) is 30.5 Å². The summed E-state index contributed by atoms with van der Waals surface area (Å²) < 4.78 is 13.1. The van der Waals surface area contributed by atoms with Crippen LogP contribution in [0, 0.1) is 5.82 Å². The van der Waals surface area contributed by atoms with Crippen LogP contribution in [0.3, 0.4) is 0 Å². The molecule has 0 spiro atoms. The first-order valence-electron chi connectivity index (χ1n) is 8.15. The van der Waals surface area contributed by atoms with Crippen LogP contribution in [-0.4, -0.2) is 54.5 Å². The largest absolute Gasteiger partial charge is 0.339 e. The molecule has 1 aliphatic heterocycles. The fraction of sp³-hybridized carbons (Fsp3) is 0.529. The minimum atomic E-state index is -0.276. The summed E-state index contributed by atoms with van der Waals surface area (Å²) in [6.45, 7) is 4.91. The van der Waals surface area contributed by atoms with Crippen molar-refractivity contribution in [1.29, 1.82) is 0 Å². The number of urea groups is 1. The predicted molar refractivity (Wildman–Crippen MR) is 86.6 cm³/mol. The fourth-order valence-corrected chi connectivity index (χ4v) is 2.60. The van der Waals surface area contributed by atoms with Gasteiger partial charge in [0.25, 0.3) is 0 Å². The van der Waals surface area contributed by atoms with E-state index >= 15 is 0 Å². The molecule has 0 atom stereocenters. The zero-order chi connectivity index (χ0) is 16.7. The van der Waals surface area contributed by atoms with Gasteiger partial charge in [-0.25, -0.2) is 9.18 Å². The Morgan fingerprint density at radius 1 is 1.17 bits per heavy atom. The predicted octanol–water partition coefficient (Wildman–Crippen LogP) is 2.02. The van der Waals surface area contributed by atoms with Crippen molar-refractivity contribution in [2.45, 2.75) is 26.2 Å². The second kappa shape index (κ2) is 8.50. The first-order chi connectivity index (χ1) is 11.1. The number of amides is 3. The molecule has 0 unspecified atom stereocenters. The molecule has 0 bridgehead atoms. The highest BCUT2D eigenvalue weighted by atomic mass is 19.1. The third-order valence-corrected chi connectivity index (χ3v) is 3.96. The van der Waals surface area contributed by atoms with Crippen molar-refractivity contribution in [2.75, 3.05) is 32.7 Å². The molecule has 0 aromatic heterocycles. The highest BCUT2D eigenvalue weighted by Gasteiger charge is 2.23. The van der Waals surface area contributed by atoms with Crippen molar-refractivity contribution in [3.63, 3.8) is 0 Å². The van der Waals surface area contributed by atoms with Gasteiger partial charge >= 0.3 is 6.03 Å².